The number of halogens is 2. The van der Waals surface area contributed by atoms with Gasteiger partial charge in [-0.25, -0.2) is 13.1 Å². The Bertz CT molecular complexity index is 569. The smallest absolute Gasteiger partial charge is 0.241 e. The van der Waals surface area contributed by atoms with Gasteiger partial charge in [0.05, 0.1) is 11.0 Å². The maximum absolute atomic E-state index is 12.3. The third-order valence-electron chi connectivity index (χ3n) is 3.03. The standard InChI is InChI=1S/C12H15Br2NO3S/c1-8-5-12(11(14)6-10(8)13)19(16,17)15-7-9-3-2-4-18-9/h5-6,9,15H,2-4,7H2,1H3/t9-/m1/s1. The average Bonchev–Trinajstić information content (AvgIpc) is 2.84. The highest BCUT2D eigenvalue weighted by atomic mass is 79.9. The summed E-state index contributed by atoms with van der Waals surface area (Å²) in [5.74, 6) is 0. The number of rotatable bonds is 4. The summed E-state index contributed by atoms with van der Waals surface area (Å²) in [4.78, 5) is 0.256. The topological polar surface area (TPSA) is 55.4 Å². The Kier molecular flexibility index (Phi) is 5.05. The van der Waals surface area contributed by atoms with E-state index in [-0.39, 0.29) is 11.0 Å². The largest absolute Gasteiger partial charge is 0.377 e. The third-order valence-corrected chi connectivity index (χ3v) is 6.26. The van der Waals surface area contributed by atoms with E-state index in [1.807, 2.05) is 6.92 Å². The van der Waals surface area contributed by atoms with Crippen LogP contribution in [0.3, 0.4) is 0 Å². The van der Waals surface area contributed by atoms with Crippen LogP contribution in [-0.2, 0) is 14.8 Å². The monoisotopic (exact) mass is 411 g/mol. The van der Waals surface area contributed by atoms with Crippen molar-refractivity contribution in [2.75, 3.05) is 13.2 Å². The Labute approximate surface area is 130 Å². The van der Waals surface area contributed by atoms with Gasteiger partial charge in [-0.1, -0.05) is 15.9 Å². The van der Waals surface area contributed by atoms with Gasteiger partial charge in [-0.3, -0.25) is 0 Å². The molecular formula is C12H15Br2NO3S. The van der Waals surface area contributed by atoms with E-state index in [2.05, 4.69) is 36.6 Å². The summed E-state index contributed by atoms with van der Waals surface area (Å²) < 4.78 is 34.0. The number of aryl methyl sites for hydroxylation is 1. The lowest BCUT2D eigenvalue weighted by Crippen LogP contribution is -2.32. The van der Waals surface area contributed by atoms with Crippen molar-refractivity contribution in [2.24, 2.45) is 0 Å². The van der Waals surface area contributed by atoms with Gasteiger partial charge in [0.25, 0.3) is 0 Å². The minimum atomic E-state index is -3.52. The predicted octanol–water partition coefficient (Wildman–Crippen LogP) is 2.98. The van der Waals surface area contributed by atoms with Crippen LogP contribution in [0.1, 0.15) is 18.4 Å². The highest BCUT2D eigenvalue weighted by Crippen LogP contribution is 2.28. The summed E-state index contributed by atoms with van der Waals surface area (Å²) in [5, 5.41) is 0. The normalized spacial score (nSPS) is 19.8. The van der Waals surface area contributed by atoms with E-state index in [1.165, 1.54) is 0 Å². The Balaban J connectivity index is 2.16. The Morgan fingerprint density at radius 2 is 2.11 bits per heavy atom. The van der Waals surface area contributed by atoms with E-state index in [1.54, 1.807) is 12.1 Å². The van der Waals surface area contributed by atoms with Crippen molar-refractivity contribution < 1.29 is 13.2 Å². The molecule has 0 aromatic heterocycles. The van der Waals surface area contributed by atoms with Crippen molar-refractivity contribution in [1.82, 2.24) is 4.72 Å². The zero-order chi connectivity index (χ0) is 14.0. The number of ether oxygens (including phenoxy) is 1. The Hall–Kier alpha value is 0.0500. The van der Waals surface area contributed by atoms with Gasteiger partial charge in [-0.15, -0.1) is 0 Å². The van der Waals surface area contributed by atoms with Gasteiger partial charge in [-0.2, -0.15) is 0 Å². The second kappa shape index (κ2) is 6.22. The van der Waals surface area contributed by atoms with E-state index in [0.29, 0.717) is 17.6 Å². The SMILES string of the molecule is Cc1cc(S(=O)(=O)NC[C@H]2CCCO2)c(Br)cc1Br. The van der Waals surface area contributed by atoms with Crippen LogP contribution < -0.4 is 4.72 Å². The minimum absolute atomic E-state index is 0.00917. The summed E-state index contributed by atoms with van der Waals surface area (Å²) >= 11 is 6.66. The zero-order valence-electron chi connectivity index (χ0n) is 10.4. The molecule has 0 unspecified atom stereocenters. The molecule has 2 rings (SSSR count). The number of benzene rings is 1. The molecule has 1 saturated heterocycles. The van der Waals surface area contributed by atoms with E-state index >= 15 is 0 Å². The summed E-state index contributed by atoms with van der Waals surface area (Å²) in [6.07, 6.45) is 1.89. The van der Waals surface area contributed by atoms with Crippen molar-refractivity contribution in [3.8, 4) is 0 Å². The fraction of sp³-hybridized carbons (Fsp3) is 0.500. The molecule has 0 amide bonds. The average molecular weight is 413 g/mol. The summed E-state index contributed by atoms with van der Waals surface area (Å²) in [7, 11) is -3.52. The van der Waals surface area contributed by atoms with Crippen molar-refractivity contribution >= 4 is 41.9 Å². The van der Waals surface area contributed by atoms with E-state index in [0.717, 1.165) is 22.9 Å². The van der Waals surface area contributed by atoms with Crippen molar-refractivity contribution in [3.63, 3.8) is 0 Å². The van der Waals surface area contributed by atoms with Crippen molar-refractivity contribution in [1.29, 1.82) is 0 Å². The van der Waals surface area contributed by atoms with Crippen LogP contribution in [0.2, 0.25) is 0 Å². The molecule has 1 fully saturated rings. The highest BCUT2D eigenvalue weighted by Gasteiger charge is 2.22. The van der Waals surface area contributed by atoms with Gasteiger partial charge in [0, 0.05) is 22.1 Å². The molecule has 0 bridgehead atoms. The van der Waals surface area contributed by atoms with Gasteiger partial charge in [0.15, 0.2) is 0 Å². The maximum Gasteiger partial charge on any atom is 0.241 e. The second-order valence-electron chi connectivity index (χ2n) is 4.52. The van der Waals surface area contributed by atoms with Gasteiger partial charge >= 0.3 is 0 Å². The van der Waals surface area contributed by atoms with Gasteiger partial charge < -0.3 is 4.74 Å². The first-order valence-corrected chi connectivity index (χ1v) is 9.04. The fourth-order valence-electron chi connectivity index (χ4n) is 1.92. The third kappa shape index (κ3) is 3.78. The first-order chi connectivity index (χ1) is 8.90. The lowest BCUT2D eigenvalue weighted by atomic mass is 10.2. The molecule has 0 spiro atoms. The zero-order valence-corrected chi connectivity index (χ0v) is 14.4. The molecule has 1 atom stereocenters. The molecule has 4 nitrogen and oxygen atoms in total. The van der Waals surface area contributed by atoms with Gasteiger partial charge in [-0.05, 0) is 53.4 Å². The molecule has 1 N–H and O–H groups in total. The van der Waals surface area contributed by atoms with Crippen LogP contribution in [0.5, 0.6) is 0 Å². The first kappa shape index (κ1) is 15.4. The maximum atomic E-state index is 12.3. The van der Waals surface area contributed by atoms with Crippen LogP contribution in [0, 0.1) is 6.92 Å². The molecule has 1 aliphatic heterocycles. The molecule has 0 aliphatic carbocycles. The van der Waals surface area contributed by atoms with Crippen LogP contribution >= 0.6 is 31.9 Å². The molecule has 7 heteroatoms. The molecule has 1 heterocycles. The first-order valence-electron chi connectivity index (χ1n) is 5.97. The van der Waals surface area contributed by atoms with Gasteiger partial charge in [0.1, 0.15) is 0 Å². The number of hydrogen-bond donors (Lipinski definition) is 1. The summed E-state index contributed by atoms with van der Waals surface area (Å²) in [6, 6.07) is 3.39. The van der Waals surface area contributed by atoms with Crippen LogP contribution in [-0.4, -0.2) is 27.7 Å². The van der Waals surface area contributed by atoms with E-state index < -0.39 is 10.0 Å². The van der Waals surface area contributed by atoms with Crippen molar-refractivity contribution in [3.05, 3.63) is 26.6 Å². The summed E-state index contributed by atoms with van der Waals surface area (Å²) in [5.41, 5.74) is 0.876. The fourth-order valence-corrected chi connectivity index (χ4v) is 4.76. The minimum Gasteiger partial charge on any atom is -0.377 e. The number of nitrogens with one attached hydrogen (secondary N) is 1. The molecule has 1 aromatic rings. The molecule has 0 radical (unpaired) electrons. The second-order valence-corrected chi connectivity index (χ2v) is 7.96. The van der Waals surface area contributed by atoms with E-state index in [9.17, 15) is 8.42 Å². The lowest BCUT2D eigenvalue weighted by Gasteiger charge is -2.13. The Morgan fingerprint density at radius 1 is 1.37 bits per heavy atom. The molecule has 0 saturated carbocycles. The predicted molar refractivity (Wildman–Crippen MR) is 80.7 cm³/mol. The van der Waals surface area contributed by atoms with E-state index in [4.69, 9.17) is 4.74 Å². The van der Waals surface area contributed by atoms with Crippen LogP contribution in [0.25, 0.3) is 0 Å². The highest BCUT2D eigenvalue weighted by molar-refractivity contribution is 9.11. The summed E-state index contributed by atoms with van der Waals surface area (Å²) in [6.45, 7) is 2.90. The van der Waals surface area contributed by atoms with Crippen molar-refractivity contribution in [2.45, 2.75) is 30.8 Å². The Morgan fingerprint density at radius 3 is 2.74 bits per heavy atom. The number of sulfonamides is 1. The molecular weight excluding hydrogens is 398 g/mol. The van der Waals surface area contributed by atoms with Crippen LogP contribution in [0.4, 0.5) is 0 Å². The molecule has 106 valence electrons. The van der Waals surface area contributed by atoms with Gasteiger partial charge in [0.2, 0.25) is 10.0 Å². The molecule has 19 heavy (non-hydrogen) atoms. The number of hydrogen-bond acceptors (Lipinski definition) is 3. The molecule has 1 aliphatic rings. The molecule has 1 aromatic carbocycles. The quantitative estimate of drug-likeness (QED) is 0.826. The lowest BCUT2D eigenvalue weighted by molar-refractivity contribution is 0.114. The van der Waals surface area contributed by atoms with Crippen LogP contribution in [0.15, 0.2) is 26.0 Å².